The Labute approximate surface area is 98.9 Å². The van der Waals surface area contributed by atoms with E-state index in [1.54, 1.807) is 0 Å². The summed E-state index contributed by atoms with van der Waals surface area (Å²) in [5.41, 5.74) is -0.904. The molecular weight excluding hydrogens is 224 g/mol. The van der Waals surface area contributed by atoms with Crippen molar-refractivity contribution in [2.24, 2.45) is 0 Å². The van der Waals surface area contributed by atoms with E-state index in [9.17, 15) is 9.59 Å². The van der Waals surface area contributed by atoms with E-state index in [0.717, 1.165) is 0 Å². The number of aromatic amines is 1. The Bertz CT molecular complexity index is 451. The number of aromatic nitrogens is 2. The van der Waals surface area contributed by atoms with Gasteiger partial charge in [0.1, 0.15) is 6.23 Å². The number of ether oxygens (including phenoxy) is 1. The fraction of sp³-hybridized carbons (Fsp3) is 0.636. The van der Waals surface area contributed by atoms with Gasteiger partial charge in [-0.2, -0.15) is 0 Å². The summed E-state index contributed by atoms with van der Waals surface area (Å²) in [7, 11) is 0. The number of aliphatic hydroxyl groups excluding tert-OH is 1. The van der Waals surface area contributed by atoms with Crippen molar-refractivity contribution in [2.45, 2.75) is 39.0 Å². The van der Waals surface area contributed by atoms with Crippen LogP contribution in [0.4, 0.5) is 0 Å². The van der Waals surface area contributed by atoms with E-state index >= 15 is 0 Å². The molecule has 0 amide bonds. The Hall–Kier alpha value is -1.40. The van der Waals surface area contributed by atoms with Crippen LogP contribution < -0.4 is 11.2 Å². The largest absolute Gasteiger partial charge is 0.394 e. The molecule has 1 aliphatic heterocycles. The van der Waals surface area contributed by atoms with Crippen LogP contribution in [0.3, 0.4) is 0 Å². The lowest BCUT2D eigenvalue weighted by molar-refractivity contribution is -0.0246. The Kier molecular flexibility index (Phi) is 5.11. The highest BCUT2D eigenvalue weighted by Gasteiger charge is 2.26. The highest BCUT2D eigenvalue weighted by molar-refractivity contribution is 4.85. The first-order valence-electron chi connectivity index (χ1n) is 5.78. The van der Waals surface area contributed by atoms with Crippen LogP contribution in [0, 0.1) is 0 Å². The summed E-state index contributed by atoms with van der Waals surface area (Å²) in [6, 6.07) is 1.27. The van der Waals surface area contributed by atoms with E-state index in [-0.39, 0.29) is 18.9 Å². The molecule has 2 N–H and O–H groups in total. The average molecular weight is 242 g/mol. The minimum Gasteiger partial charge on any atom is -0.394 e. The molecule has 2 unspecified atom stereocenters. The topological polar surface area (TPSA) is 84.3 Å². The highest BCUT2D eigenvalue weighted by atomic mass is 16.5. The predicted octanol–water partition coefficient (Wildman–Crippen LogP) is 0.233. The summed E-state index contributed by atoms with van der Waals surface area (Å²) in [6.07, 6.45) is 2.19. The Morgan fingerprint density at radius 2 is 2.18 bits per heavy atom. The van der Waals surface area contributed by atoms with Crippen molar-refractivity contribution in [1.29, 1.82) is 0 Å². The zero-order chi connectivity index (χ0) is 12.8. The van der Waals surface area contributed by atoms with Crippen molar-refractivity contribution >= 4 is 0 Å². The maximum atomic E-state index is 11.4. The molecular formula is C11H18N2O4. The third kappa shape index (κ3) is 3.28. The van der Waals surface area contributed by atoms with Crippen LogP contribution in [-0.4, -0.2) is 27.4 Å². The number of hydrogen-bond donors (Lipinski definition) is 2. The van der Waals surface area contributed by atoms with Crippen molar-refractivity contribution in [3.8, 4) is 0 Å². The lowest BCUT2D eigenvalue weighted by Gasteiger charge is -2.13. The summed E-state index contributed by atoms with van der Waals surface area (Å²) in [6.45, 7) is 3.95. The van der Waals surface area contributed by atoms with E-state index < -0.39 is 11.2 Å². The van der Waals surface area contributed by atoms with Crippen molar-refractivity contribution in [2.75, 3.05) is 6.61 Å². The van der Waals surface area contributed by atoms with Gasteiger partial charge >= 0.3 is 5.69 Å². The second-order valence-electron chi connectivity index (χ2n) is 3.49. The lowest BCUT2D eigenvalue weighted by Crippen LogP contribution is -2.31. The Balaban J connectivity index is 0.000000686. The summed E-state index contributed by atoms with van der Waals surface area (Å²) in [4.78, 5) is 24.4. The second-order valence-corrected chi connectivity index (χ2v) is 3.49. The van der Waals surface area contributed by atoms with E-state index in [1.807, 2.05) is 13.8 Å². The average Bonchev–Trinajstić information content (AvgIpc) is 2.80. The van der Waals surface area contributed by atoms with Crippen LogP contribution in [0.5, 0.6) is 0 Å². The number of hydrogen-bond acceptors (Lipinski definition) is 4. The zero-order valence-electron chi connectivity index (χ0n) is 10.0. The quantitative estimate of drug-likeness (QED) is 0.777. The van der Waals surface area contributed by atoms with Crippen LogP contribution in [0.1, 0.15) is 32.9 Å². The molecule has 2 heterocycles. The lowest BCUT2D eigenvalue weighted by atomic mass is 10.2. The maximum absolute atomic E-state index is 11.4. The monoisotopic (exact) mass is 242 g/mol. The van der Waals surface area contributed by atoms with Crippen molar-refractivity contribution in [3.05, 3.63) is 33.1 Å². The van der Waals surface area contributed by atoms with Gasteiger partial charge in [0.2, 0.25) is 0 Å². The first-order valence-corrected chi connectivity index (χ1v) is 5.78. The van der Waals surface area contributed by atoms with Gasteiger partial charge in [-0.15, -0.1) is 0 Å². The molecule has 1 aromatic rings. The van der Waals surface area contributed by atoms with Gasteiger partial charge in [-0.25, -0.2) is 4.79 Å². The molecule has 0 saturated carbocycles. The molecule has 0 spiro atoms. The molecule has 96 valence electrons. The molecule has 1 fully saturated rings. The molecule has 6 nitrogen and oxygen atoms in total. The number of rotatable bonds is 2. The molecule has 0 aromatic carbocycles. The maximum Gasteiger partial charge on any atom is 0.330 e. The van der Waals surface area contributed by atoms with E-state index in [1.165, 1.54) is 16.8 Å². The molecule has 1 aliphatic rings. The normalized spacial score (nSPS) is 23.0. The first-order chi connectivity index (χ1) is 8.20. The molecule has 1 saturated heterocycles. The summed E-state index contributed by atoms with van der Waals surface area (Å²) >= 11 is 0. The summed E-state index contributed by atoms with van der Waals surface area (Å²) < 4.78 is 6.74. The summed E-state index contributed by atoms with van der Waals surface area (Å²) in [5, 5.41) is 8.87. The third-order valence-corrected chi connectivity index (χ3v) is 2.45. The van der Waals surface area contributed by atoms with Gasteiger partial charge in [0.15, 0.2) is 0 Å². The molecule has 2 rings (SSSR count). The summed E-state index contributed by atoms with van der Waals surface area (Å²) in [5.74, 6) is 0. The van der Waals surface area contributed by atoms with E-state index in [2.05, 4.69) is 4.98 Å². The van der Waals surface area contributed by atoms with Crippen LogP contribution in [0.25, 0.3) is 0 Å². The predicted molar refractivity (Wildman–Crippen MR) is 62.9 cm³/mol. The smallest absolute Gasteiger partial charge is 0.330 e. The number of nitrogens with zero attached hydrogens (tertiary/aromatic N) is 1. The van der Waals surface area contributed by atoms with Gasteiger partial charge in [-0.3, -0.25) is 14.3 Å². The van der Waals surface area contributed by atoms with Crippen LogP contribution in [-0.2, 0) is 4.74 Å². The first kappa shape index (κ1) is 13.7. The van der Waals surface area contributed by atoms with Crippen LogP contribution in [0.15, 0.2) is 21.9 Å². The second kappa shape index (κ2) is 6.36. The number of H-pyrrole nitrogens is 1. The third-order valence-electron chi connectivity index (χ3n) is 2.45. The van der Waals surface area contributed by atoms with Crippen molar-refractivity contribution in [3.63, 3.8) is 0 Å². The zero-order valence-corrected chi connectivity index (χ0v) is 10.0. The SMILES string of the molecule is CC.O=c1ccn(C2CCC(CO)O2)c(=O)[nH]1. The molecule has 0 aliphatic carbocycles. The van der Waals surface area contributed by atoms with Gasteiger partial charge in [-0.05, 0) is 12.8 Å². The van der Waals surface area contributed by atoms with Crippen molar-refractivity contribution < 1.29 is 9.84 Å². The van der Waals surface area contributed by atoms with Gasteiger partial charge in [0, 0.05) is 12.3 Å². The molecule has 0 bridgehead atoms. The van der Waals surface area contributed by atoms with Crippen LogP contribution >= 0.6 is 0 Å². The number of nitrogens with one attached hydrogen (secondary N) is 1. The van der Waals surface area contributed by atoms with Gasteiger partial charge in [-0.1, -0.05) is 13.8 Å². The minimum absolute atomic E-state index is 0.0470. The van der Waals surface area contributed by atoms with Crippen LogP contribution in [0.2, 0.25) is 0 Å². The minimum atomic E-state index is -0.480. The van der Waals surface area contributed by atoms with Crippen molar-refractivity contribution in [1.82, 2.24) is 9.55 Å². The van der Waals surface area contributed by atoms with Gasteiger partial charge in [0.05, 0.1) is 12.7 Å². The van der Waals surface area contributed by atoms with E-state index in [4.69, 9.17) is 9.84 Å². The fourth-order valence-electron chi connectivity index (χ4n) is 1.68. The van der Waals surface area contributed by atoms with Gasteiger partial charge in [0.25, 0.3) is 5.56 Å². The molecule has 6 heteroatoms. The standard InChI is InChI=1S/C9H12N2O4.C2H6/c12-5-6-1-2-8(15-6)11-4-3-7(13)10-9(11)14;1-2/h3-4,6,8,12H,1-2,5H2,(H,10,13,14);1-2H3. The molecule has 17 heavy (non-hydrogen) atoms. The molecule has 0 radical (unpaired) electrons. The van der Waals surface area contributed by atoms with Gasteiger partial charge < -0.3 is 9.84 Å². The van der Waals surface area contributed by atoms with E-state index in [0.29, 0.717) is 12.8 Å². The Morgan fingerprint density at radius 1 is 1.47 bits per heavy atom. The Morgan fingerprint density at radius 3 is 2.71 bits per heavy atom. The number of aliphatic hydroxyl groups is 1. The highest BCUT2D eigenvalue weighted by Crippen LogP contribution is 2.26. The molecule has 2 atom stereocenters. The molecule has 1 aromatic heterocycles. The fourth-order valence-corrected chi connectivity index (χ4v) is 1.68.